The summed E-state index contributed by atoms with van der Waals surface area (Å²) in [6, 6.07) is 4.45. The highest BCUT2D eigenvalue weighted by molar-refractivity contribution is 8.13. The van der Waals surface area contributed by atoms with Gasteiger partial charge in [0.25, 0.3) is 0 Å². The predicted molar refractivity (Wildman–Crippen MR) is 69.1 cm³/mol. The van der Waals surface area contributed by atoms with Crippen LogP contribution >= 0.6 is 11.8 Å². The molecule has 0 atom stereocenters. The first-order valence-corrected chi connectivity index (χ1v) is 6.30. The molecule has 0 amide bonds. The van der Waals surface area contributed by atoms with Crippen LogP contribution in [-0.2, 0) is 11.4 Å². The summed E-state index contributed by atoms with van der Waals surface area (Å²) in [5.74, 6) is 0.378. The van der Waals surface area contributed by atoms with Gasteiger partial charge in [-0.2, -0.15) is 0 Å². The molecule has 2 nitrogen and oxygen atoms in total. The fraction of sp³-hybridized carbons (Fsp3) is 0.308. The molecule has 1 rings (SSSR count). The molecule has 0 unspecified atom stereocenters. The molecule has 0 aliphatic heterocycles. The van der Waals surface area contributed by atoms with Crippen molar-refractivity contribution in [2.45, 2.75) is 20.0 Å². The molecule has 1 N–H and O–H groups in total. The van der Waals surface area contributed by atoms with Crippen molar-refractivity contribution >= 4 is 23.0 Å². The van der Waals surface area contributed by atoms with Crippen LogP contribution in [0.2, 0.25) is 0 Å². The molecule has 0 aliphatic carbocycles. The summed E-state index contributed by atoms with van der Waals surface area (Å²) in [6.45, 7) is 1.37. The van der Waals surface area contributed by atoms with Crippen LogP contribution in [0.4, 0.5) is 4.39 Å². The SMILES string of the molecule is CC(=O)SCCC=Cc1cc(F)cc(CO)c1. The third kappa shape index (κ3) is 5.65. The monoisotopic (exact) mass is 254 g/mol. The zero-order valence-electron chi connectivity index (χ0n) is 9.65. The summed E-state index contributed by atoms with van der Waals surface area (Å²) in [5.41, 5.74) is 1.28. The second-order valence-corrected chi connectivity index (χ2v) is 4.85. The molecule has 0 fully saturated rings. The van der Waals surface area contributed by atoms with E-state index in [-0.39, 0.29) is 17.5 Å². The van der Waals surface area contributed by atoms with Crippen molar-refractivity contribution in [2.75, 3.05) is 5.75 Å². The van der Waals surface area contributed by atoms with E-state index in [1.807, 2.05) is 6.08 Å². The first-order chi connectivity index (χ1) is 8.11. The topological polar surface area (TPSA) is 37.3 Å². The molecule has 0 aromatic heterocycles. The summed E-state index contributed by atoms with van der Waals surface area (Å²) in [7, 11) is 0. The summed E-state index contributed by atoms with van der Waals surface area (Å²) < 4.78 is 13.1. The van der Waals surface area contributed by atoms with Crippen LogP contribution < -0.4 is 0 Å². The molecule has 0 aliphatic rings. The lowest BCUT2D eigenvalue weighted by Crippen LogP contribution is -1.87. The molecular formula is C13H15FO2S. The minimum atomic E-state index is -0.352. The molecule has 4 heteroatoms. The van der Waals surface area contributed by atoms with E-state index < -0.39 is 0 Å². The zero-order chi connectivity index (χ0) is 12.7. The highest BCUT2D eigenvalue weighted by Crippen LogP contribution is 2.12. The van der Waals surface area contributed by atoms with Gasteiger partial charge in [-0.15, -0.1) is 0 Å². The van der Waals surface area contributed by atoms with Gasteiger partial charge in [0.05, 0.1) is 6.61 Å². The Kier molecular flexibility index (Phi) is 5.94. The lowest BCUT2D eigenvalue weighted by Gasteiger charge is -1.99. The second kappa shape index (κ2) is 7.25. The molecule has 0 bridgehead atoms. The minimum Gasteiger partial charge on any atom is -0.392 e. The molecule has 0 saturated carbocycles. The van der Waals surface area contributed by atoms with Crippen molar-refractivity contribution in [3.8, 4) is 0 Å². The van der Waals surface area contributed by atoms with Crippen molar-refractivity contribution in [3.63, 3.8) is 0 Å². The predicted octanol–water partition coefficient (Wildman–Crippen LogP) is 3.00. The van der Waals surface area contributed by atoms with Gasteiger partial charge in [-0.25, -0.2) is 4.39 Å². The van der Waals surface area contributed by atoms with Crippen LogP contribution in [0.25, 0.3) is 6.08 Å². The zero-order valence-corrected chi connectivity index (χ0v) is 10.5. The lowest BCUT2D eigenvalue weighted by molar-refractivity contribution is -0.109. The summed E-state index contributed by atoms with van der Waals surface area (Å²) in [5, 5.41) is 9.03. The van der Waals surface area contributed by atoms with E-state index in [9.17, 15) is 9.18 Å². The molecule has 0 spiro atoms. The van der Waals surface area contributed by atoms with Gasteiger partial charge in [-0.1, -0.05) is 23.9 Å². The number of hydrogen-bond acceptors (Lipinski definition) is 3. The van der Waals surface area contributed by atoms with E-state index in [2.05, 4.69) is 0 Å². The number of thioether (sulfide) groups is 1. The first-order valence-electron chi connectivity index (χ1n) is 5.32. The quantitative estimate of drug-likeness (QED) is 0.821. The van der Waals surface area contributed by atoms with Crippen LogP contribution in [0.15, 0.2) is 24.3 Å². The summed E-state index contributed by atoms with van der Waals surface area (Å²) in [6.07, 6.45) is 4.45. The number of carbonyl (C=O) groups is 1. The second-order valence-electron chi connectivity index (χ2n) is 3.58. The number of rotatable bonds is 5. The van der Waals surface area contributed by atoms with E-state index in [0.29, 0.717) is 5.56 Å². The third-order valence-corrected chi connectivity index (χ3v) is 2.91. The smallest absolute Gasteiger partial charge is 0.185 e. The highest BCUT2D eigenvalue weighted by Gasteiger charge is 1.97. The Morgan fingerprint density at radius 2 is 2.24 bits per heavy atom. The van der Waals surface area contributed by atoms with Crippen molar-refractivity contribution in [1.29, 1.82) is 0 Å². The Hall–Kier alpha value is -1.13. The number of halogens is 1. The van der Waals surface area contributed by atoms with Crippen LogP contribution in [0, 0.1) is 5.82 Å². The first kappa shape index (κ1) is 13.9. The third-order valence-electron chi connectivity index (χ3n) is 2.06. The Morgan fingerprint density at radius 1 is 1.47 bits per heavy atom. The highest BCUT2D eigenvalue weighted by atomic mass is 32.2. The number of hydrogen-bond donors (Lipinski definition) is 1. The Morgan fingerprint density at radius 3 is 2.88 bits per heavy atom. The van der Waals surface area contributed by atoms with Crippen LogP contribution in [0.5, 0.6) is 0 Å². The molecule has 0 radical (unpaired) electrons. The van der Waals surface area contributed by atoms with Gasteiger partial charge in [0, 0.05) is 12.7 Å². The van der Waals surface area contributed by atoms with Crippen molar-refractivity contribution in [1.82, 2.24) is 0 Å². The number of allylic oxidation sites excluding steroid dienone is 1. The number of aliphatic hydroxyl groups is 1. The van der Waals surface area contributed by atoms with Crippen LogP contribution in [0.3, 0.4) is 0 Å². The molecule has 1 aromatic rings. The number of aliphatic hydroxyl groups excluding tert-OH is 1. The molecule has 17 heavy (non-hydrogen) atoms. The molecular weight excluding hydrogens is 239 g/mol. The fourth-order valence-electron chi connectivity index (χ4n) is 1.35. The van der Waals surface area contributed by atoms with E-state index in [4.69, 9.17) is 5.11 Å². The maximum Gasteiger partial charge on any atom is 0.185 e. The molecule has 92 valence electrons. The van der Waals surface area contributed by atoms with E-state index in [1.54, 1.807) is 12.1 Å². The van der Waals surface area contributed by atoms with Gasteiger partial charge < -0.3 is 5.11 Å². The summed E-state index contributed by atoms with van der Waals surface area (Å²) in [4.78, 5) is 10.7. The van der Waals surface area contributed by atoms with Gasteiger partial charge in [-0.3, -0.25) is 4.79 Å². The van der Waals surface area contributed by atoms with Gasteiger partial charge in [-0.05, 0) is 35.7 Å². The van der Waals surface area contributed by atoms with Crippen LogP contribution in [-0.4, -0.2) is 16.0 Å². The lowest BCUT2D eigenvalue weighted by atomic mass is 10.1. The average molecular weight is 254 g/mol. The Bertz CT molecular complexity index is 416. The van der Waals surface area contributed by atoms with Crippen molar-refractivity contribution in [2.24, 2.45) is 0 Å². The van der Waals surface area contributed by atoms with E-state index >= 15 is 0 Å². The van der Waals surface area contributed by atoms with Crippen molar-refractivity contribution in [3.05, 3.63) is 41.2 Å². The normalized spacial score (nSPS) is 11.0. The Balaban J connectivity index is 2.52. The van der Waals surface area contributed by atoms with Gasteiger partial charge in [0.1, 0.15) is 5.82 Å². The maximum absolute atomic E-state index is 13.1. The maximum atomic E-state index is 13.1. The van der Waals surface area contributed by atoms with E-state index in [0.717, 1.165) is 17.7 Å². The Labute approximate surface area is 105 Å². The van der Waals surface area contributed by atoms with Crippen LogP contribution in [0.1, 0.15) is 24.5 Å². The number of carbonyl (C=O) groups excluding carboxylic acids is 1. The summed E-state index contributed by atoms with van der Waals surface area (Å²) >= 11 is 1.27. The van der Waals surface area contributed by atoms with Gasteiger partial charge >= 0.3 is 0 Å². The minimum absolute atomic E-state index is 0.103. The van der Waals surface area contributed by atoms with Gasteiger partial charge in [0.15, 0.2) is 5.12 Å². The van der Waals surface area contributed by atoms with Gasteiger partial charge in [0.2, 0.25) is 0 Å². The van der Waals surface area contributed by atoms with Crippen molar-refractivity contribution < 1.29 is 14.3 Å². The molecule has 0 saturated heterocycles. The number of benzene rings is 1. The fourth-order valence-corrected chi connectivity index (χ4v) is 1.89. The van der Waals surface area contributed by atoms with E-state index in [1.165, 1.54) is 30.8 Å². The molecule has 0 heterocycles. The largest absolute Gasteiger partial charge is 0.392 e. The molecule has 1 aromatic carbocycles. The standard InChI is InChI=1S/C13H15FO2S/c1-10(16)17-5-3-2-4-11-6-12(9-15)8-13(14)7-11/h2,4,6-8,15H,3,5,9H2,1H3. The average Bonchev–Trinajstić information content (AvgIpc) is 2.27.